The predicted molar refractivity (Wildman–Crippen MR) is 119 cm³/mol. The maximum atomic E-state index is 6.19. The number of hydrogen-bond acceptors (Lipinski definition) is 2. The van der Waals surface area contributed by atoms with Crippen LogP contribution in [0.25, 0.3) is 10.6 Å². The summed E-state index contributed by atoms with van der Waals surface area (Å²) in [5.41, 5.74) is 3.42. The molecule has 0 amide bonds. The molecule has 28 heavy (non-hydrogen) atoms. The van der Waals surface area contributed by atoms with E-state index in [0.717, 1.165) is 27.7 Å². The van der Waals surface area contributed by atoms with E-state index in [4.69, 9.17) is 9.05 Å². The van der Waals surface area contributed by atoms with Gasteiger partial charge < -0.3 is 0 Å². The second-order valence-corrected chi connectivity index (χ2v) is 9.33. The molecule has 0 saturated carbocycles. The van der Waals surface area contributed by atoms with Gasteiger partial charge in [0.15, 0.2) is 10.6 Å². The van der Waals surface area contributed by atoms with Crippen LogP contribution in [-0.2, 0) is 9.05 Å². The highest BCUT2D eigenvalue weighted by molar-refractivity contribution is 7.86. The number of allylic oxidation sites excluding steroid dienone is 2. The fourth-order valence-electron chi connectivity index (χ4n) is 3.63. The summed E-state index contributed by atoms with van der Waals surface area (Å²) in [6.07, 6.45) is 4.44. The molecule has 3 aromatic carbocycles. The predicted octanol–water partition coefficient (Wildman–Crippen LogP) is 6.85. The van der Waals surface area contributed by atoms with Crippen molar-refractivity contribution >= 4 is 18.3 Å². The van der Waals surface area contributed by atoms with Crippen molar-refractivity contribution in [2.24, 2.45) is 0 Å². The Labute approximate surface area is 167 Å². The monoisotopic (exact) mass is 386 g/mol. The molecule has 0 aromatic heterocycles. The number of hydrogen-bond donors (Lipinski definition) is 0. The molecule has 0 bridgehead atoms. The van der Waals surface area contributed by atoms with Crippen LogP contribution in [0.1, 0.15) is 16.7 Å². The first-order valence-corrected chi connectivity index (χ1v) is 10.9. The lowest BCUT2D eigenvalue weighted by atomic mass is 9.95. The van der Waals surface area contributed by atoms with E-state index in [9.17, 15) is 0 Å². The van der Waals surface area contributed by atoms with Gasteiger partial charge in [0.2, 0.25) is 0 Å². The zero-order chi connectivity index (χ0) is 19.4. The minimum absolute atomic E-state index is 1.10. The fraction of sp³-hybridized carbons (Fsp3) is 0.0800. The molecule has 3 aromatic rings. The molecule has 1 aliphatic heterocycles. The topological polar surface area (TPSA) is 18.5 Å². The Kier molecular flexibility index (Phi) is 5.54. The second-order valence-electron chi connectivity index (χ2n) is 6.53. The minimum Gasteiger partial charge on any atom is -0.199 e. The first kappa shape index (κ1) is 18.8. The van der Waals surface area contributed by atoms with E-state index in [1.54, 1.807) is 14.2 Å². The molecule has 0 spiro atoms. The summed E-state index contributed by atoms with van der Waals surface area (Å²) >= 11 is 0. The summed E-state index contributed by atoms with van der Waals surface area (Å²) < 4.78 is 12.4. The van der Waals surface area contributed by atoms with E-state index in [0.29, 0.717) is 0 Å². The Morgan fingerprint density at radius 2 is 0.857 bits per heavy atom. The number of benzene rings is 3. The van der Waals surface area contributed by atoms with Gasteiger partial charge in [-0.15, -0.1) is 0 Å². The Hall–Kier alpha value is -2.51. The lowest BCUT2D eigenvalue weighted by molar-refractivity contribution is 0.338. The molecular formula is C25H23O2P+. The molecule has 0 aliphatic carbocycles. The average molecular weight is 386 g/mol. The molecule has 3 heteroatoms. The Morgan fingerprint density at radius 3 is 1.21 bits per heavy atom. The standard InChI is InChI=1S/C25H23O2P/c1-26-28(27-2)24(21-14-8-4-9-15-21)18-23(20-12-6-3-7-13-20)19-25(28)22-16-10-5-11-17-22/h3-19H,1-2H3/q+1. The third-order valence-electron chi connectivity index (χ3n) is 4.98. The van der Waals surface area contributed by atoms with Gasteiger partial charge in [-0.05, 0) is 17.7 Å². The van der Waals surface area contributed by atoms with Crippen LogP contribution in [0.2, 0.25) is 0 Å². The van der Waals surface area contributed by atoms with Crippen molar-refractivity contribution in [3.8, 4) is 0 Å². The van der Waals surface area contributed by atoms with E-state index in [1.807, 2.05) is 18.2 Å². The molecule has 139 valence electrons. The largest absolute Gasteiger partial charge is 0.339 e. The summed E-state index contributed by atoms with van der Waals surface area (Å²) in [7, 11) is 1.02. The van der Waals surface area contributed by atoms with Gasteiger partial charge in [-0.3, -0.25) is 0 Å². The van der Waals surface area contributed by atoms with Crippen molar-refractivity contribution in [3.63, 3.8) is 0 Å². The lowest BCUT2D eigenvalue weighted by Crippen LogP contribution is -2.11. The normalized spacial score (nSPS) is 16.4. The van der Waals surface area contributed by atoms with Gasteiger partial charge in [0.1, 0.15) is 0 Å². The van der Waals surface area contributed by atoms with Crippen molar-refractivity contribution < 1.29 is 9.05 Å². The van der Waals surface area contributed by atoms with E-state index in [-0.39, 0.29) is 0 Å². The van der Waals surface area contributed by atoms with Gasteiger partial charge in [-0.1, -0.05) is 91.0 Å². The van der Waals surface area contributed by atoms with Crippen LogP contribution in [0, 0.1) is 5.92 Å². The van der Waals surface area contributed by atoms with Gasteiger partial charge in [0, 0.05) is 11.1 Å². The zero-order valence-corrected chi connectivity index (χ0v) is 17.0. The van der Waals surface area contributed by atoms with Gasteiger partial charge in [0.05, 0.1) is 20.1 Å². The van der Waals surface area contributed by atoms with E-state index >= 15 is 0 Å². The Balaban J connectivity index is 1.96. The Morgan fingerprint density at radius 1 is 0.500 bits per heavy atom. The molecule has 0 N–H and O–H groups in total. The van der Waals surface area contributed by atoms with Gasteiger partial charge in [-0.25, -0.2) is 0 Å². The van der Waals surface area contributed by atoms with Crippen LogP contribution < -0.4 is 0 Å². The summed E-state index contributed by atoms with van der Waals surface area (Å²) in [6, 6.07) is 31.2. The van der Waals surface area contributed by atoms with Crippen LogP contribution in [0.15, 0.2) is 103 Å². The third-order valence-corrected chi connectivity index (χ3v) is 8.05. The number of rotatable bonds is 5. The maximum Gasteiger partial charge on any atom is 0.339 e. The lowest BCUT2D eigenvalue weighted by Gasteiger charge is -2.30. The summed E-state index contributed by atoms with van der Waals surface area (Å²) in [4.78, 5) is 0. The molecule has 0 fully saturated rings. The van der Waals surface area contributed by atoms with Crippen molar-refractivity contribution in [2.45, 2.75) is 0 Å². The highest BCUT2D eigenvalue weighted by Gasteiger charge is 2.54. The van der Waals surface area contributed by atoms with Crippen LogP contribution in [0.3, 0.4) is 0 Å². The minimum atomic E-state index is -2.47. The molecular weight excluding hydrogens is 363 g/mol. The van der Waals surface area contributed by atoms with Crippen LogP contribution >= 0.6 is 7.72 Å². The van der Waals surface area contributed by atoms with Crippen LogP contribution in [0.4, 0.5) is 0 Å². The van der Waals surface area contributed by atoms with Crippen molar-refractivity contribution in [3.05, 3.63) is 126 Å². The zero-order valence-electron chi connectivity index (χ0n) is 16.1. The first-order chi connectivity index (χ1) is 13.8. The smallest absolute Gasteiger partial charge is 0.199 e. The van der Waals surface area contributed by atoms with Crippen molar-refractivity contribution in [1.82, 2.24) is 0 Å². The molecule has 4 rings (SSSR count). The third kappa shape index (κ3) is 3.36. The van der Waals surface area contributed by atoms with Crippen LogP contribution in [-0.4, -0.2) is 14.2 Å². The van der Waals surface area contributed by atoms with Crippen molar-refractivity contribution in [2.75, 3.05) is 14.2 Å². The van der Waals surface area contributed by atoms with Gasteiger partial charge >= 0.3 is 7.72 Å². The molecule has 0 unspecified atom stereocenters. The summed E-state index contributed by atoms with van der Waals surface area (Å²) in [5, 5.41) is 2.19. The second kappa shape index (κ2) is 8.24. The molecule has 1 radical (unpaired) electrons. The summed E-state index contributed by atoms with van der Waals surface area (Å²) in [6.45, 7) is 0. The molecule has 0 atom stereocenters. The van der Waals surface area contributed by atoms with E-state index in [1.165, 1.54) is 5.56 Å². The molecule has 2 nitrogen and oxygen atoms in total. The molecule has 0 saturated heterocycles. The first-order valence-electron chi connectivity index (χ1n) is 9.27. The molecule has 1 heterocycles. The van der Waals surface area contributed by atoms with Gasteiger partial charge in [0.25, 0.3) is 0 Å². The average Bonchev–Trinajstić information content (AvgIpc) is 2.80. The van der Waals surface area contributed by atoms with E-state index < -0.39 is 7.72 Å². The quantitative estimate of drug-likeness (QED) is 0.447. The van der Waals surface area contributed by atoms with Crippen molar-refractivity contribution in [1.29, 1.82) is 0 Å². The molecule has 1 aliphatic rings. The van der Waals surface area contributed by atoms with Gasteiger partial charge in [-0.2, -0.15) is 9.05 Å². The van der Waals surface area contributed by atoms with Crippen LogP contribution in [0.5, 0.6) is 0 Å². The Bertz CT molecular complexity index is 915. The van der Waals surface area contributed by atoms with E-state index in [2.05, 4.69) is 84.9 Å². The summed E-state index contributed by atoms with van der Waals surface area (Å²) in [5.74, 6) is 1.16. The highest BCUT2D eigenvalue weighted by Crippen LogP contribution is 2.80. The maximum absolute atomic E-state index is 6.19. The fourth-order valence-corrected chi connectivity index (χ4v) is 6.42. The SMILES string of the molecule is CO[P+]1(OC)C(c2ccccc2)=C[C](c2ccccc2)C=C1c1ccccc1. The highest BCUT2D eigenvalue weighted by atomic mass is 31.2.